The van der Waals surface area contributed by atoms with Crippen LogP contribution in [0.5, 0.6) is 0 Å². The number of para-hydroxylation sites is 6. The maximum absolute atomic E-state index is 5.54. The predicted molar refractivity (Wildman–Crippen MR) is 521 cm³/mol. The topological polar surface area (TPSA) is 71.3 Å². The predicted octanol–water partition coefficient (Wildman–Crippen LogP) is 30.4. The molecule has 0 bridgehead atoms. The first-order valence-electron chi connectivity index (χ1n) is 42.4. The molecular weight excluding hydrogens is 1510 g/mol. The lowest BCUT2D eigenvalue weighted by Gasteiger charge is -2.17. The fraction of sp³-hybridized carbons (Fsp3) is 0. The van der Waals surface area contributed by atoms with Gasteiger partial charge in [-0.05, 0) is 185 Å². The maximum atomic E-state index is 5.54. The van der Waals surface area contributed by atoms with Gasteiger partial charge < -0.3 is 18.3 Å². The molecule has 0 amide bonds. The molecule has 27 aromatic rings. The molecule has 0 radical (unpaired) electrons. The Morgan fingerprint density at radius 1 is 0.153 bits per heavy atom. The van der Waals surface area contributed by atoms with Crippen molar-refractivity contribution >= 4 is 184 Å². The molecule has 0 aliphatic rings. The van der Waals surface area contributed by atoms with Gasteiger partial charge in [0, 0.05) is 98.6 Å². The third kappa shape index (κ3) is 10.8. The van der Waals surface area contributed by atoms with Crippen LogP contribution in [-0.4, -0.2) is 38.2 Å². The quantitative estimate of drug-likeness (QED) is 0.142. The molecule has 27 rings (SSSR count). The average Bonchev–Trinajstić information content (AvgIpc) is 1.56. The Labute approximate surface area is 710 Å². The van der Waals surface area contributed by atoms with Crippen molar-refractivity contribution < 1.29 is 0 Å². The second kappa shape index (κ2) is 27.4. The van der Waals surface area contributed by atoms with Gasteiger partial charge in [-0.15, -0.1) is 0 Å². The molecule has 0 N–H and O–H groups in total. The summed E-state index contributed by atoms with van der Waals surface area (Å²) in [5, 5.41) is 28.8. The van der Waals surface area contributed by atoms with Crippen LogP contribution < -0.4 is 0 Å². The number of hydrogen-bond acceptors (Lipinski definition) is 4. The molecule has 0 saturated heterocycles. The van der Waals surface area contributed by atoms with Gasteiger partial charge in [-0.1, -0.05) is 309 Å². The smallest absolute Gasteiger partial charge is 0.161 e. The molecular formula is C116H70N8. The third-order valence-electron chi connectivity index (χ3n) is 25.9. The van der Waals surface area contributed by atoms with Crippen LogP contribution in [0.4, 0.5) is 0 Å². The molecule has 0 spiro atoms. The van der Waals surface area contributed by atoms with Gasteiger partial charge in [0.25, 0.3) is 0 Å². The zero-order chi connectivity index (χ0) is 81.2. The summed E-state index contributed by atoms with van der Waals surface area (Å²) in [7, 11) is 0. The highest BCUT2D eigenvalue weighted by Gasteiger charge is 2.25. The van der Waals surface area contributed by atoms with Crippen molar-refractivity contribution in [1.82, 2.24) is 38.2 Å². The van der Waals surface area contributed by atoms with E-state index in [2.05, 4.69) is 443 Å². The van der Waals surface area contributed by atoms with E-state index in [1.165, 1.54) is 135 Å². The first-order valence-corrected chi connectivity index (χ1v) is 42.4. The average molecular weight is 1580 g/mol. The lowest BCUT2D eigenvalue weighted by molar-refractivity contribution is 1.15. The van der Waals surface area contributed by atoms with E-state index in [4.69, 9.17) is 19.9 Å². The molecule has 0 saturated carbocycles. The molecule has 8 heteroatoms. The van der Waals surface area contributed by atoms with Crippen LogP contribution in [0.1, 0.15) is 0 Å². The fourth-order valence-corrected chi connectivity index (χ4v) is 20.3. The number of nitrogens with zero attached hydrogens (tertiary/aromatic N) is 8. The van der Waals surface area contributed by atoms with E-state index in [-0.39, 0.29) is 0 Å². The zero-order valence-corrected chi connectivity index (χ0v) is 67.0. The van der Waals surface area contributed by atoms with Crippen molar-refractivity contribution in [2.45, 2.75) is 0 Å². The van der Waals surface area contributed by atoms with E-state index < -0.39 is 0 Å². The molecule has 21 aromatic carbocycles. The van der Waals surface area contributed by atoms with Gasteiger partial charge >= 0.3 is 0 Å². The Morgan fingerprint density at radius 3 is 1.08 bits per heavy atom. The van der Waals surface area contributed by atoms with Gasteiger partial charge in [0.1, 0.15) is 0 Å². The van der Waals surface area contributed by atoms with Gasteiger partial charge in [0.15, 0.2) is 11.6 Å². The van der Waals surface area contributed by atoms with Crippen molar-refractivity contribution in [2.24, 2.45) is 0 Å². The molecule has 0 atom stereocenters. The van der Waals surface area contributed by atoms with Crippen molar-refractivity contribution in [1.29, 1.82) is 0 Å². The monoisotopic (exact) mass is 1570 g/mol. The van der Waals surface area contributed by atoms with Crippen molar-refractivity contribution in [3.63, 3.8) is 0 Å². The van der Waals surface area contributed by atoms with E-state index in [0.29, 0.717) is 0 Å². The van der Waals surface area contributed by atoms with Crippen LogP contribution in [0.15, 0.2) is 425 Å². The number of hydrogen-bond donors (Lipinski definition) is 0. The summed E-state index contributed by atoms with van der Waals surface area (Å²) in [5.41, 5.74) is 21.7. The van der Waals surface area contributed by atoms with E-state index >= 15 is 0 Å². The van der Waals surface area contributed by atoms with Crippen LogP contribution in [0, 0.1) is 0 Å². The SMILES string of the molecule is c1ccc2cc3c(cc2c1)c1ccc(-n2c4ccccc4c4ccccc42)cc1n3-c1ccc(-c2nc(-c3cc4ccccc4c4ccccc34)nc3ccccc23)c2ccccc12.c1ccc2cc3c(cc2c1)c1ccc(-n2c4ccccc4c4ccccc42)cc1n3-c1ccc(-c2nc(-c3ccc4c(ccc5ccccc54)c3)nc3ccccc23)cc1. The molecule has 574 valence electrons. The number of fused-ring (bicyclic) bond motifs is 23. The maximum Gasteiger partial charge on any atom is 0.161 e. The largest absolute Gasteiger partial charge is 0.309 e. The van der Waals surface area contributed by atoms with Crippen molar-refractivity contribution in [3.8, 4) is 68.0 Å². The summed E-state index contributed by atoms with van der Waals surface area (Å²) in [6.45, 7) is 0. The van der Waals surface area contributed by atoms with Gasteiger partial charge in [-0.3, -0.25) is 0 Å². The molecule has 0 aliphatic heterocycles. The minimum Gasteiger partial charge on any atom is -0.309 e. The van der Waals surface area contributed by atoms with Crippen LogP contribution in [-0.2, 0) is 0 Å². The van der Waals surface area contributed by atoms with Crippen LogP contribution in [0.25, 0.3) is 252 Å². The number of benzene rings is 21. The number of rotatable bonds is 8. The van der Waals surface area contributed by atoms with E-state index in [1.54, 1.807) is 0 Å². The summed E-state index contributed by atoms with van der Waals surface area (Å²) >= 11 is 0. The van der Waals surface area contributed by atoms with Crippen LogP contribution >= 0.6 is 0 Å². The van der Waals surface area contributed by atoms with Gasteiger partial charge in [0.2, 0.25) is 0 Å². The van der Waals surface area contributed by atoms with E-state index in [9.17, 15) is 0 Å². The van der Waals surface area contributed by atoms with E-state index in [0.717, 1.165) is 117 Å². The fourth-order valence-electron chi connectivity index (χ4n) is 20.3. The zero-order valence-electron chi connectivity index (χ0n) is 67.0. The summed E-state index contributed by atoms with van der Waals surface area (Å²) in [4.78, 5) is 21.2. The summed E-state index contributed by atoms with van der Waals surface area (Å²) in [6, 6.07) is 154. The van der Waals surface area contributed by atoms with Crippen LogP contribution in [0.2, 0.25) is 0 Å². The molecule has 0 aliphatic carbocycles. The first kappa shape index (κ1) is 69.3. The third-order valence-corrected chi connectivity index (χ3v) is 25.9. The minimum absolute atomic E-state index is 0.717. The Hall–Kier alpha value is -16.7. The summed E-state index contributed by atoms with van der Waals surface area (Å²) in [6.07, 6.45) is 0. The Balaban J connectivity index is 0.000000133. The summed E-state index contributed by atoms with van der Waals surface area (Å²) in [5.74, 6) is 1.44. The highest BCUT2D eigenvalue weighted by atomic mass is 15.0. The second-order valence-electron chi connectivity index (χ2n) is 32.7. The van der Waals surface area contributed by atoms with Crippen molar-refractivity contribution in [2.75, 3.05) is 0 Å². The molecule has 0 unspecified atom stereocenters. The molecule has 124 heavy (non-hydrogen) atoms. The lowest BCUT2D eigenvalue weighted by atomic mass is 9.95. The minimum atomic E-state index is 0.717. The molecule has 6 heterocycles. The number of aromatic nitrogens is 8. The Kier molecular flexibility index (Phi) is 15.3. The van der Waals surface area contributed by atoms with E-state index in [1.807, 2.05) is 0 Å². The molecule has 8 nitrogen and oxygen atoms in total. The highest BCUT2D eigenvalue weighted by Crippen LogP contribution is 2.46. The van der Waals surface area contributed by atoms with Gasteiger partial charge in [-0.2, -0.15) is 0 Å². The van der Waals surface area contributed by atoms with Crippen molar-refractivity contribution in [3.05, 3.63) is 425 Å². The highest BCUT2D eigenvalue weighted by molar-refractivity contribution is 6.20. The summed E-state index contributed by atoms with van der Waals surface area (Å²) < 4.78 is 9.74. The molecule has 0 fully saturated rings. The van der Waals surface area contributed by atoms with Gasteiger partial charge in [-0.25, -0.2) is 19.9 Å². The van der Waals surface area contributed by atoms with Crippen LogP contribution in [0.3, 0.4) is 0 Å². The normalized spacial score (nSPS) is 12.0. The second-order valence-corrected chi connectivity index (χ2v) is 32.7. The Bertz CT molecular complexity index is 9110. The molecule has 6 aromatic heterocycles. The van der Waals surface area contributed by atoms with Gasteiger partial charge in [0.05, 0.1) is 72.2 Å². The lowest BCUT2D eigenvalue weighted by Crippen LogP contribution is -2.00. The Morgan fingerprint density at radius 2 is 0.508 bits per heavy atom. The standard InChI is InChI=1S/C60H36N4.C56H34N4/c1-2-16-38-35-57-51(33-37(38)15-1)48-30-29-40(63-54-27-13-10-23-46(54)47-24-11-14-28-55(47)63)36-58(48)64(57)56-32-31-49(44-21-7-8-22-45(44)56)59-50-25-9-12-26-53(50)61-60(62-59)52-34-39-17-3-4-18-41(39)42-19-5-6-20-43(42)52;1-2-13-38-33-53-49(32-37(38)12-1)47-30-28-42(60-51-19-9-6-15-45(51)46-16-7-10-20-52(46)60)34-54(47)59(53)41-26-23-36(24-27-41)55-48-17-5-8-18-50(48)57-56(58-55)40-25-29-44-39(31-40)22-21-35-11-3-4-14-43(35)44/h1-36H;1-34H. The first-order chi connectivity index (χ1) is 61.5.